The van der Waals surface area contributed by atoms with E-state index >= 15 is 0 Å². The second-order valence-electron chi connectivity index (χ2n) is 3.94. The molecule has 2 aliphatic rings. The number of hydrogen-bond acceptors (Lipinski definition) is 0. The monoisotopic (exact) mass is 136 g/mol. The molecule has 0 N–H and O–H groups in total. The van der Waals surface area contributed by atoms with Gasteiger partial charge in [0.25, 0.3) is 0 Å². The predicted octanol–water partition coefficient (Wildman–Crippen LogP) is 3.29. The number of hydrogen-bond donors (Lipinski definition) is 0. The fraction of sp³-hybridized carbons (Fsp3) is 0.800. The lowest BCUT2D eigenvalue weighted by Gasteiger charge is -2.47. The fourth-order valence-corrected chi connectivity index (χ4v) is 2.49. The molecule has 0 atom stereocenters. The van der Waals surface area contributed by atoms with Crippen molar-refractivity contribution in [1.82, 2.24) is 0 Å². The fourth-order valence-electron chi connectivity index (χ4n) is 2.49. The van der Waals surface area contributed by atoms with E-state index in [4.69, 9.17) is 0 Å². The van der Waals surface area contributed by atoms with Gasteiger partial charge in [-0.2, -0.15) is 0 Å². The number of rotatable bonds is 0. The molecule has 1 spiro atoms. The highest BCUT2D eigenvalue weighted by Gasteiger charge is 2.40. The second kappa shape index (κ2) is 2.11. The minimum absolute atomic E-state index is 0.665. The van der Waals surface area contributed by atoms with Crippen LogP contribution in [-0.4, -0.2) is 0 Å². The molecule has 0 radical (unpaired) electrons. The van der Waals surface area contributed by atoms with E-state index in [1.165, 1.54) is 44.9 Å². The van der Waals surface area contributed by atoms with Crippen LogP contribution in [0.25, 0.3) is 0 Å². The summed E-state index contributed by atoms with van der Waals surface area (Å²) in [5.41, 5.74) is 2.23. The topological polar surface area (TPSA) is 0 Å². The first-order valence-electron chi connectivity index (χ1n) is 4.52. The molecule has 2 aliphatic carbocycles. The lowest BCUT2D eigenvalue weighted by atomic mass is 9.58. The van der Waals surface area contributed by atoms with E-state index in [1.54, 1.807) is 5.57 Å². The van der Waals surface area contributed by atoms with Gasteiger partial charge in [0.05, 0.1) is 0 Å². The minimum atomic E-state index is 0.665. The van der Waals surface area contributed by atoms with Crippen molar-refractivity contribution in [2.75, 3.05) is 0 Å². The van der Waals surface area contributed by atoms with Gasteiger partial charge in [-0.3, -0.25) is 0 Å². The van der Waals surface area contributed by atoms with Crippen LogP contribution in [0.3, 0.4) is 0 Å². The van der Waals surface area contributed by atoms with E-state index in [0.29, 0.717) is 5.41 Å². The third-order valence-corrected chi connectivity index (χ3v) is 3.47. The average molecular weight is 136 g/mol. The standard InChI is InChI=1S/C10H16/c1-9-5-8-10(9)6-3-2-4-7-10/h1-8H2. The summed E-state index contributed by atoms with van der Waals surface area (Å²) >= 11 is 0. The Morgan fingerprint density at radius 2 is 1.70 bits per heavy atom. The lowest BCUT2D eigenvalue weighted by Crippen LogP contribution is -2.33. The van der Waals surface area contributed by atoms with Gasteiger partial charge in [0.2, 0.25) is 0 Å². The summed E-state index contributed by atoms with van der Waals surface area (Å²) in [6.07, 6.45) is 10.1. The van der Waals surface area contributed by atoms with Crippen LogP contribution >= 0.6 is 0 Å². The van der Waals surface area contributed by atoms with E-state index < -0.39 is 0 Å². The van der Waals surface area contributed by atoms with Crippen molar-refractivity contribution in [2.45, 2.75) is 44.9 Å². The largest absolute Gasteiger partial charge is 0.0993 e. The Kier molecular flexibility index (Phi) is 1.36. The summed E-state index contributed by atoms with van der Waals surface area (Å²) in [6.45, 7) is 4.14. The molecule has 0 heteroatoms. The zero-order valence-corrected chi connectivity index (χ0v) is 6.66. The molecular formula is C10H16. The predicted molar refractivity (Wildman–Crippen MR) is 43.9 cm³/mol. The first-order chi connectivity index (χ1) is 4.83. The first kappa shape index (κ1) is 6.45. The van der Waals surface area contributed by atoms with Crippen molar-refractivity contribution in [1.29, 1.82) is 0 Å². The molecule has 56 valence electrons. The van der Waals surface area contributed by atoms with Gasteiger partial charge in [-0.1, -0.05) is 31.4 Å². The Morgan fingerprint density at radius 3 is 2.00 bits per heavy atom. The molecule has 0 aromatic carbocycles. The zero-order valence-electron chi connectivity index (χ0n) is 6.66. The quantitative estimate of drug-likeness (QED) is 0.448. The molecule has 0 aliphatic heterocycles. The van der Waals surface area contributed by atoms with Crippen LogP contribution < -0.4 is 0 Å². The van der Waals surface area contributed by atoms with E-state index in [-0.39, 0.29) is 0 Å². The van der Waals surface area contributed by atoms with Gasteiger partial charge in [0, 0.05) is 0 Å². The van der Waals surface area contributed by atoms with Crippen LogP contribution in [0.2, 0.25) is 0 Å². The van der Waals surface area contributed by atoms with Crippen LogP contribution in [-0.2, 0) is 0 Å². The molecule has 10 heavy (non-hydrogen) atoms. The molecule has 0 nitrogen and oxygen atoms in total. The van der Waals surface area contributed by atoms with Crippen LogP contribution in [0.4, 0.5) is 0 Å². The van der Waals surface area contributed by atoms with Crippen molar-refractivity contribution in [3.8, 4) is 0 Å². The molecule has 0 saturated heterocycles. The van der Waals surface area contributed by atoms with Crippen LogP contribution in [0.1, 0.15) is 44.9 Å². The van der Waals surface area contributed by atoms with Gasteiger partial charge in [-0.05, 0) is 31.1 Å². The molecule has 2 saturated carbocycles. The Balaban J connectivity index is 2.06. The highest BCUT2D eigenvalue weighted by atomic mass is 14.4. The van der Waals surface area contributed by atoms with Crippen molar-refractivity contribution in [3.63, 3.8) is 0 Å². The highest BCUT2D eigenvalue weighted by molar-refractivity contribution is 5.20. The van der Waals surface area contributed by atoms with E-state index in [2.05, 4.69) is 6.58 Å². The smallest absolute Gasteiger partial charge is 0.00877 e. The third-order valence-electron chi connectivity index (χ3n) is 3.47. The maximum atomic E-state index is 4.14. The SMILES string of the molecule is C=C1CCC12CCCCC2. The summed E-state index contributed by atoms with van der Waals surface area (Å²) in [4.78, 5) is 0. The first-order valence-corrected chi connectivity index (χ1v) is 4.52. The van der Waals surface area contributed by atoms with E-state index in [9.17, 15) is 0 Å². The molecule has 0 amide bonds. The van der Waals surface area contributed by atoms with Gasteiger partial charge < -0.3 is 0 Å². The van der Waals surface area contributed by atoms with Crippen molar-refractivity contribution >= 4 is 0 Å². The van der Waals surface area contributed by atoms with Crippen molar-refractivity contribution in [3.05, 3.63) is 12.2 Å². The van der Waals surface area contributed by atoms with Crippen LogP contribution in [0.5, 0.6) is 0 Å². The molecule has 0 aromatic rings. The molecule has 0 unspecified atom stereocenters. The molecule has 0 aromatic heterocycles. The summed E-state index contributed by atoms with van der Waals surface area (Å²) in [5.74, 6) is 0. The van der Waals surface area contributed by atoms with Crippen molar-refractivity contribution in [2.24, 2.45) is 5.41 Å². The Labute approximate surface area is 63.3 Å². The Bertz CT molecular complexity index is 149. The molecular weight excluding hydrogens is 120 g/mol. The van der Waals surface area contributed by atoms with Gasteiger partial charge in [-0.15, -0.1) is 0 Å². The molecule has 2 fully saturated rings. The zero-order chi connectivity index (χ0) is 7.03. The van der Waals surface area contributed by atoms with Gasteiger partial charge >= 0.3 is 0 Å². The molecule has 0 bridgehead atoms. The van der Waals surface area contributed by atoms with Gasteiger partial charge in [-0.25, -0.2) is 0 Å². The molecule has 0 heterocycles. The summed E-state index contributed by atoms with van der Waals surface area (Å²) in [7, 11) is 0. The highest BCUT2D eigenvalue weighted by Crippen LogP contribution is 2.54. The van der Waals surface area contributed by atoms with Gasteiger partial charge in [0.15, 0.2) is 0 Å². The maximum Gasteiger partial charge on any atom is -0.00877 e. The number of allylic oxidation sites excluding steroid dienone is 1. The van der Waals surface area contributed by atoms with Crippen LogP contribution in [0.15, 0.2) is 12.2 Å². The third kappa shape index (κ3) is 0.744. The summed E-state index contributed by atoms with van der Waals surface area (Å²) in [6, 6.07) is 0. The Hall–Kier alpha value is -0.260. The normalized spacial score (nSPS) is 30.2. The molecule has 2 rings (SSSR count). The second-order valence-corrected chi connectivity index (χ2v) is 3.94. The van der Waals surface area contributed by atoms with Crippen molar-refractivity contribution < 1.29 is 0 Å². The summed E-state index contributed by atoms with van der Waals surface area (Å²) in [5, 5.41) is 0. The summed E-state index contributed by atoms with van der Waals surface area (Å²) < 4.78 is 0. The van der Waals surface area contributed by atoms with Gasteiger partial charge in [0.1, 0.15) is 0 Å². The van der Waals surface area contributed by atoms with Crippen LogP contribution in [0, 0.1) is 5.41 Å². The lowest BCUT2D eigenvalue weighted by molar-refractivity contribution is 0.160. The average Bonchev–Trinajstić information content (AvgIpc) is 2.04. The Morgan fingerprint density at radius 1 is 1.00 bits per heavy atom. The minimum Gasteiger partial charge on any atom is -0.0993 e. The van der Waals surface area contributed by atoms with E-state index in [1.807, 2.05) is 0 Å². The maximum absolute atomic E-state index is 4.14. The van der Waals surface area contributed by atoms with E-state index in [0.717, 1.165) is 0 Å².